The number of carbonyl (C=O) groups is 1. The number of hydrogen-bond donors (Lipinski definition) is 1. The molecule has 1 atom stereocenters. The zero-order valence-corrected chi connectivity index (χ0v) is 14.4. The molecule has 0 amide bonds. The standard InChI is InChI=1S/C14H14F4N2O5S/c1-3-19-9(21)8-7(6(2)15)11(25-13(23)24)26-10(8)20(12(19)22)5-4-14(16,17)18/h6H,3-5H2,1-2H3,(H,23,24). The van der Waals surface area contributed by atoms with E-state index in [1.165, 1.54) is 6.92 Å². The molecule has 2 aromatic rings. The first-order valence-corrected chi connectivity index (χ1v) is 8.21. The van der Waals surface area contributed by atoms with Crippen LogP contribution in [-0.4, -0.2) is 26.6 Å². The lowest BCUT2D eigenvalue weighted by atomic mass is 10.1. The first kappa shape index (κ1) is 19.9. The van der Waals surface area contributed by atoms with Crippen molar-refractivity contribution < 1.29 is 32.2 Å². The first-order valence-electron chi connectivity index (χ1n) is 7.39. The molecule has 0 aliphatic rings. The van der Waals surface area contributed by atoms with Crippen LogP contribution in [-0.2, 0) is 13.1 Å². The van der Waals surface area contributed by atoms with Crippen molar-refractivity contribution in [3.63, 3.8) is 0 Å². The summed E-state index contributed by atoms with van der Waals surface area (Å²) in [6.07, 6.45) is -9.53. The van der Waals surface area contributed by atoms with Crippen LogP contribution in [0.4, 0.5) is 22.4 Å². The molecule has 0 aromatic carbocycles. The van der Waals surface area contributed by atoms with Crippen molar-refractivity contribution >= 4 is 27.7 Å². The van der Waals surface area contributed by atoms with Gasteiger partial charge >= 0.3 is 18.0 Å². The maximum Gasteiger partial charge on any atom is 0.512 e. The molecular weight excluding hydrogens is 384 g/mol. The number of aryl methyl sites for hydroxylation is 1. The molecule has 1 N–H and O–H groups in total. The predicted molar refractivity (Wildman–Crippen MR) is 84.9 cm³/mol. The van der Waals surface area contributed by atoms with Gasteiger partial charge in [-0.15, -0.1) is 0 Å². The summed E-state index contributed by atoms with van der Waals surface area (Å²) in [5, 5.41) is 7.92. The highest BCUT2D eigenvalue weighted by atomic mass is 32.1. The fourth-order valence-corrected chi connectivity index (χ4v) is 3.74. The molecule has 1 unspecified atom stereocenters. The van der Waals surface area contributed by atoms with E-state index in [2.05, 4.69) is 4.74 Å². The Balaban J connectivity index is 2.88. The Kier molecular flexibility index (Phi) is 5.44. The number of rotatable bonds is 5. The van der Waals surface area contributed by atoms with Gasteiger partial charge in [0, 0.05) is 13.1 Å². The quantitative estimate of drug-likeness (QED) is 0.617. The molecule has 0 aliphatic heterocycles. The minimum atomic E-state index is -4.56. The van der Waals surface area contributed by atoms with Gasteiger partial charge in [0.05, 0.1) is 17.4 Å². The Labute approximate surface area is 147 Å². The fraction of sp³-hybridized carbons (Fsp3) is 0.500. The van der Waals surface area contributed by atoms with Crippen molar-refractivity contribution in [3.8, 4) is 5.06 Å². The maximum atomic E-state index is 14.0. The molecule has 0 saturated carbocycles. The lowest BCUT2D eigenvalue weighted by Gasteiger charge is -2.12. The fourth-order valence-electron chi connectivity index (χ4n) is 2.49. The normalized spacial score (nSPS) is 13.2. The Bertz CT molecular complexity index is 957. The largest absolute Gasteiger partial charge is 0.512 e. The van der Waals surface area contributed by atoms with Crippen molar-refractivity contribution in [2.24, 2.45) is 0 Å². The second-order valence-corrected chi connectivity index (χ2v) is 6.28. The zero-order chi connectivity index (χ0) is 19.8. The Hall–Kier alpha value is -2.37. The number of thiophene rings is 1. The molecule has 0 bridgehead atoms. The van der Waals surface area contributed by atoms with E-state index in [-0.39, 0.29) is 16.8 Å². The number of ether oxygens (including phenoxy) is 1. The molecule has 2 heterocycles. The summed E-state index contributed by atoms with van der Waals surface area (Å²) in [7, 11) is 0. The third-order valence-electron chi connectivity index (χ3n) is 3.57. The third kappa shape index (κ3) is 3.74. The Morgan fingerprint density at radius 3 is 2.38 bits per heavy atom. The van der Waals surface area contributed by atoms with E-state index in [0.29, 0.717) is 20.5 Å². The Morgan fingerprint density at radius 1 is 1.31 bits per heavy atom. The minimum Gasteiger partial charge on any atom is -0.449 e. The summed E-state index contributed by atoms with van der Waals surface area (Å²) >= 11 is 0.445. The van der Waals surface area contributed by atoms with E-state index < -0.39 is 53.3 Å². The van der Waals surface area contributed by atoms with Crippen LogP contribution in [0.2, 0.25) is 0 Å². The van der Waals surface area contributed by atoms with Gasteiger partial charge in [-0.2, -0.15) is 13.2 Å². The van der Waals surface area contributed by atoms with Crippen LogP contribution < -0.4 is 16.0 Å². The number of carboxylic acid groups (broad SMARTS) is 1. The molecule has 26 heavy (non-hydrogen) atoms. The van der Waals surface area contributed by atoms with Crippen LogP contribution in [0.15, 0.2) is 9.59 Å². The molecule has 0 fully saturated rings. The van der Waals surface area contributed by atoms with Gasteiger partial charge in [0.1, 0.15) is 11.0 Å². The summed E-state index contributed by atoms with van der Waals surface area (Å²) in [5.74, 6) is 0. The van der Waals surface area contributed by atoms with Crippen LogP contribution in [0.1, 0.15) is 32.0 Å². The summed E-state index contributed by atoms with van der Waals surface area (Å²) in [4.78, 5) is 35.4. The highest BCUT2D eigenvalue weighted by molar-refractivity contribution is 7.20. The van der Waals surface area contributed by atoms with Gasteiger partial charge in [-0.3, -0.25) is 13.9 Å². The van der Waals surface area contributed by atoms with Crippen LogP contribution in [0.3, 0.4) is 0 Å². The smallest absolute Gasteiger partial charge is 0.449 e. The molecule has 12 heteroatoms. The summed E-state index contributed by atoms with van der Waals surface area (Å²) in [6.45, 7) is 1.51. The average molecular weight is 398 g/mol. The van der Waals surface area contributed by atoms with Gasteiger partial charge < -0.3 is 9.84 Å². The maximum absolute atomic E-state index is 14.0. The van der Waals surface area contributed by atoms with Gasteiger partial charge in [0.15, 0.2) is 5.06 Å². The van der Waals surface area contributed by atoms with E-state index in [1.807, 2.05) is 0 Å². The number of fused-ring (bicyclic) bond motifs is 1. The van der Waals surface area contributed by atoms with Crippen LogP contribution in [0.5, 0.6) is 5.06 Å². The monoisotopic (exact) mass is 398 g/mol. The molecule has 144 valence electrons. The van der Waals surface area contributed by atoms with Gasteiger partial charge in [-0.1, -0.05) is 11.3 Å². The zero-order valence-electron chi connectivity index (χ0n) is 13.6. The van der Waals surface area contributed by atoms with E-state index in [0.717, 1.165) is 6.92 Å². The number of nitrogens with zero attached hydrogens (tertiary/aromatic N) is 2. The molecule has 2 aromatic heterocycles. The second kappa shape index (κ2) is 7.09. The summed E-state index contributed by atoms with van der Waals surface area (Å²) < 4.78 is 57.6. The van der Waals surface area contributed by atoms with Gasteiger partial charge in [-0.25, -0.2) is 14.0 Å². The second-order valence-electron chi connectivity index (χ2n) is 5.32. The Morgan fingerprint density at radius 2 is 1.92 bits per heavy atom. The highest BCUT2D eigenvalue weighted by Gasteiger charge is 2.30. The van der Waals surface area contributed by atoms with Gasteiger partial charge in [-0.05, 0) is 13.8 Å². The van der Waals surface area contributed by atoms with Crippen molar-refractivity contribution in [2.75, 3.05) is 0 Å². The van der Waals surface area contributed by atoms with Crippen molar-refractivity contribution in [1.29, 1.82) is 0 Å². The topological polar surface area (TPSA) is 90.5 Å². The van der Waals surface area contributed by atoms with Gasteiger partial charge in [0.25, 0.3) is 5.56 Å². The SMILES string of the molecule is CCn1c(=O)c2c(C(C)F)c(OC(=O)O)sc2n(CCC(F)(F)F)c1=O. The lowest BCUT2D eigenvalue weighted by molar-refractivity contribution is -0.136. The average Bonchev–Trinajstić information content (AvgIpc) is 2.84. The molecule has 7 nitrogen and oxygen atoms in total. The molecule has 0 spiro atoms. The summed E-state index contributed by atoms with van der Waals surface area (Å²) in [6, 6.07) is 0. The molecular formula is C14H14F4N2O5S. The minimum absolute atomic E-state index is 0.148. The lowest BCUT2D eigenvalue weighted by Crippen LogP contribution is -2.40. The third-order valence-corrected chi connectivity index (χ3v) is 4.68. The van der Waals surface area contributed by atoms with Gasteiger partial charge in [0.2, 0.25) is 0 Å². The molecule has 0 saturated heterocycles. The first-order chi connectivity index (χ1) is 12.0. The number of aromatic nitrogens is 2. The van der Waals surface area contributed by atoms with E-state index >= 15 is 0 Å². The summed E-state index contributed by atoms with van der Waals surface area (Å²) in [5.41, 5.74) is -2.30. The molecule has 0 aliphatic carbocycles. The number of hydrogen-bond acceptors (Lipinski definition) is 5. The molecule has 0 radical (unpaired) electrons. The van der Waals surface area contributed by atoms with E-state index in [4.69, 9.17) is 5.11 Å². The van der Waals surface area contributed by atoms with Crippen molar-refractivity contribution in [3.05, 3.63) is 26.4 Å². The van der Waals surface area contributed by atoms with E-state index in [1.54, 1.807) is 0 Å². The van der Waals surface area contributed by atoms with Crippen LogP contribution in [0.25, 0.3) is 10.2 Å². The number of halogens is 4. The predicted octanol–water partition coefficient (Wildman–Crippen LogP) is 3.28. The highest BCUT2D eigenvalue weighted by Crippen LogP contribution is 2.41. The van der Waals surface area contributed by atoms with Crippen LogP contribution in [0, 0.1) is 0 Å². The number of alkyl halides is 4. The van der Waals surface area contributed by atoms with Crippen molar-refractivity contribution in [1.82, 2.24) is 9.13 Å². The van der Waals surface area contributed by atoms with Crippen molar-refractivity contribution in [2.45, 2.75) is 45.7 Å². The molecule has 2 rings (SSSR count). The van der Waals surface area contributed by atoms with Crippen LogP contribution >= 0.6 is 11.3 Å². The van der Waals surface area contributed by atoms with E-state index in [9.17, 15) is 31.9 Å².